The first kappa shape index (κ1) is 12.6. The molecule has 16 heavy (non-hydrogen) atoms. The van der Waals surface area contributed by atoms with Crippen molar-refractivity contribution >= 4 is 24.2 Å². The Morgan fingerprint density at radius 1 is 1.50 bits per heavy atom. The van der Waals surface area contributed by atoms with Crippen molar-refractivity contribution in [2.45, 2.75) is 18.6 Å². The molecule has 0 aliphatic carbocycles. The first-order chi connectivity index (χ1) is 7.66. The summed E-state index contributed by atoms with van der Waals surface area (Å²) in [6, 6.07) is 11.4. The zero-order valence-electron chi connectivity index (χ0n) is 9.13. The van der Waals surface area contributed by atoms with Gasteiger partial charge in [0.25, 0.3) is 0 Å². The topological polar surface area (TPSA) is 44.1 Å². The molecule has 1 atom stereocenters. The molecule has 0 aliphatic rings. The number of para-hydroxylation sites is 1. The van der Waals surface area contributed by atoms with Gasteiger partial charge in [-0.1, -0.05) is 18.2 Å². The van der Waals surface area contributed by atoms with E-state index in [0.29, 0.717) is 13.0 Å². The predicted molar refractivity (Wildman–Crippen MR) is 67.5 cm³/mol. The van der Waals surface area contributed by atoms with Crippen LogP contribution in [-0.2, 0) is 4.79 Å². The van der Waals surface area contributed by atoms with Gasteiger partial charge in [-0.05, 0) is 19.1 Å². The first-order valence-electron chi connectivity index (χ1n) is 5.08. The number of anilines is 1. The van der Waals surface area contributed by atoms with Crippen molar-refractivity contribution in [1.82, 2.24) is 0 Å². The van der Waals surface area contributed by atoms with Crippen molar-refractivity contribution in [3.8, 4) is 6.07 Å². The van der Waals surface area contributed by atoms with E-state index in [4.69, 9.17) is 5.26 Å². The summed E-state index contributed by atoms with van der Waals surface area (Å²) in [4.78, 5) is 13.5. The number of hydrogen-bond acceptors (Lipinski definition) is 3. The third kappa shape index (κ3) is 3.28. The lowest BCUT2D eigenvalue weighted by Crippen LogP contribution is -2.36. The standard InChI is InChI=1S/C12H14N2OS/c1-10(16)12(15)14(9-5-8-13)11-6-3-2-4-7-11/h2-4,6-7,10,16H,5,9H2,1H3. The van der Waals surface area contributed by atoms with Crippen LogP contribution in [-0.4, -0.2) is 17.7 Å². The summed E-state index contributed by atoms with van der Waals surface area (Å²) in [6.07, 6.45) is 0.321. The number of carbonyl (C=O) groups excluding carboxylic acids is 1. The van der Waals surface area contributed by atoms with E-state index in [9.17, 15) is 4.79 Å². The van der Waals surface area contributed by atoms with E-state index in [1.807, 2.05) is 36.4 Å². The summed E-state index contributed by atoms with van der Waals surface area (Å²) in [6.45, 7) is 2.14. The molecule has 0 aliphatic heterocycles. The molecule has 3 nitrogen and oxygen atoms in total. The lowest BCUT2D eigenvalue weighted by molar-refractivity contribution is -0.117. The molecule has 0 spiro atoms. The molecule has 4 heteroatoms. The smallest absolute Gasteiger partial charge is 0.239 e. The van der Waals surface area contributed by atoms with Crippen LogP contribution in [0, 0.1) is 11.3 Å². The number of hydrogen-bond donors (Lipinski definition) is 1. The first-order valence-corrected chi connectivity index (χ1v) is 5.60. The second-order valence-corrected chi connectivity index (χ2v) is 4.18. The summed E-state index contributed by atoms with van der Waals surface area (Å²) in [5.41, 5.74) is 0.809. The van der Waals surface area contributed by atoms with Crippen molar-refractivity contribution in [2.24, 2.45) is 0 Å². The molecule has 1 aromatic rings. The van der Waals surface area contributed by atoms with Gasteiger partial charge < -0.3 is 4.90 Å². The van der Waals surface area contributed by atoms with Gasteiger partial charge in [0.15, 0.2) is 0 Å². The SMILES string of the molecule is CC(S)C(=O)N(CCC#N)c1ccccc1. The fraction of sp³-hybridized carbons (Fsp3) is 0.333. The monoisotopic (exact) mass is 234 g/mol. The molecule has 0 radical (unpaired) electrons. The molecular weight excluding hydrogens is 220 g/mol. The number of thiol groups is 1. The van der Waals surface area contributed by atoms with E-state index in [1.165, 1.54) is 0 Å². The van der Waals surface area contributed by atoms with Gasteiger partial charge in [0.05, 0.1) is 17.7 Å². The van der Waals surface area contributed by atoms with Crippen LogP contribution in [0.15, 0.2) is 30.3 Å². The summed E-state index contributed by atoms with van der Waals surface area (Å²) in [5, 5.41) is 8.21. The Balaban J connectivity index is 2.88. The average Bonchev–Trinajstić information content (AvgIpc) is 2.30. The largest absolute Gasteiger partial charge is 0.310 e. The van der Waals surface area contributed by atoms with Gasteiger partial charge in [-0.15, -0.1) is 0 Å². The van der Waals surface area contributed by atoms with Gasteiger partial charge in [0, 0.05) is 12.2 Å². The van der Waals surface area contributed by atoms with E-state index < -0.39 is 0 Å². The minimum atomic E-state index is -0.362. The number of amides is 1. The third-order valence-electron chi connectivity index (χ3n) is 2.14. The average molecular weight is 234 g/mol. The van der Waals surface area contributed by atoms with Crippen molar-refractivity contribution in [3.63, 3.8) is 0 Å². The highest BCUT2D eigenvalue weighted by atomic mass is 32.1. The van der Waals surface area contributed by atoms with Gasteiger partial charge in [-0.2, -0.15) is 17.9 Å². The van der Waals surface area contributed by atoms with Crippen molar-refractivity contribution in [3.05, 3.63) is 30.3 Å². The number of nitrogens with zero attached hydrogens (tertiary/aromatic N) is 2. The van der Waals surface area contributed by atoms with E-state index in [1.54, 1.807) is 11.8 Å². The van der Waals surface area contributed by atoms with Gasteiger partial charge in [-0.3, -0.25) is 4.79 Å². The van der Waals surface area contributed by atoms with E-state index in [0.717, 1.165) is 5.69 Å². The summed E-state index contributed by atoms with van der Waals surface area (Å²) < 4.78 is 0. The molecule has 0 heterocycles. The molecule has 0 N–H and O–H groups in total. The van der Waals surface area contributed by atoms with Crippen molar-refractivity contribution in [1.29, 1.82) is 5.26 Å². The lowest BCUT2D eigenvalue weighted by Gasteiger charge is -2.23. The fourth-order valence-electron chi connectivity index (χ4n) is 1.36. The molecule has 0 saturated carbocycles. The highest BCUT2D eigenvalue weighted by Crippen LogP contribution is 2.16. The third-order valence-corrected chi connectivity index (χ3v) is 2.36. The Bertz CT molecular complexity index is 384. The minimum absolute atomic E-state index is 0.0789. The maximum Gasteiger partial charge on any atom is 0.239 e. The molecule has 1 unspecified atom stereocenters. The van der Waals surface area contributed by atoms with Crippen LogP contribution in [0.25, 0.3) is 0 Å². The molecule has 0 fully saturated rings. The number of benzene rings is 1. The lowest BCUT2D eigenvalue weighted by atomic mass is 10.2. The number of rotatable bonds is 4. The van der Waals surface area contributed by atoms with Gasteiger partial charge >= 0.3 is 0 Å². The zero-order chi connectivity index (χ0) is 12.0. The van der Waals surface area contributed by atoms with Crippen LogP contribution in [0.1, 0.15) is 13.3 Å². The molecule has 1 amide bonds. The predicted octanol–water partition coefficient (Wildman–Crippen LogP) is 2.25. The second kappa shape index (κ2) is 6.19. The molecule has 84 valence electrons. The Hall–Kier alpha value is -1.47. The summed E-state index contributed by atoms with van der Waals surface area (Å²) in [5.74, 6) is -0.0789. The normalized spacial score (nSPS) is 11.6. The van der Waals surface area contributed by atoms with Crippen LogP contribution in [0.4, 0.5) is 5.69 Å². The Labute approximate surface area is 101 Å². The van der Waals surface area contributed by atoms with Crippen LogP contribution in [0.3, 0.4) is 0 Å². The molecule has 1 rings (SSSR count). The molecule has 0 bridgehead atoms. The second-order valence-electron chi connectivity index (χ2n) is 3.41. The van der Waals surface area contributed by atoms with Crippen LogP contribution in [0.5, 0.6) is 0 Å². The van der Waals surface area contributed by atoms with Crippen LogP contribution >= 0.6 is 12.6 Å². The van der Waals surface area contributed by atoms with E-state index >= 15 is 0 Å². The van der Waals surface area contributed by atoms with Crippen LogP contribution < -0.4 is 4.90 Å². The van der Waals surface area contributed by atoms with E-state index in [2.05, 4.69) is 12.6 Å². The quantitative estimate of drug-likeness (QED) is 0.812. The zero-order valence-corrected chi connectivity index (χ0v) is 10.0. The Morgan fingerprint density at radius 3 is 2.62 bits per heavy atom. The van der Waals surface area contributed by atoms with Gasteiger partial charge in [0.1, 0.15) is 0 Å². The highest BCUT2D eigenvalue weighted by molar-refractivity contribution is 7.81. The van der Waals surface area contributed by atoms with E-state index in [-0.39, 0.29) is 11.2 Å². The van der Waals surface area contributed by atoms with Gasteiger partial charge in [-0.25, -0.2) is 0 Å². The van der Waals surface area contributed by atoms with Crippen molar-refractivity contribution in [2.75, 3.05) is 11.4 Å². The Morgan fingerprint density at radius 2 is 2.12 bits per heavy atom. The number of nitriles is 1. The minimum Gasteiger partial charge on any atom is -0.310 e. The van der Waals surface area contributed by atoms with Crippen molar-refractivity contribution < 1.29 is 4.79 Å². The molecule has 0 saturated heterocycles. The highest BCUT2D eigenvalue weighted by Gasteiger charge is 2.18. The maximum absolute atomic E-state index is 11.9. The number of carbonyl (C=O) groups is 1. The molecule has 0 aromatic heterocycles. The molecular formula is C12H14N2OS. The fourth-order valence-corrected chi connectivity index (χ4v) is 1.50. The summed E-state index contributed by atoms with van der Waals surface area (Å²) >= 11 is 4.13. The van der Waals surface area contributed by atoms with Gasteiger partial charge in [0.2, 0.25) is 5.91 Å². The Kier molecular flexibility index (Phi) is 4.87. The maximum atomic E-state index is 11.9. The summed E-state index contributed by atoms with van der Waals surface area (Å²) in [7, 11) is 0. The molecule has 1 aromatic carbocycles. The van der Waals surface area contributed by atoms with Crippen LogP contribution in [0.2, 0.25) is 0 Å².